The minimum absolute atomic E-state index is 0.128. The van der Waals surface area contributed by atoms with Crippen LogP contribution in [0.2, 0.25) is 0 Å². The first-order valence-electron chi connectivity index (χ1n) is 18.2. The lowest BCUT2D eigenvalue weighted by Crippen LogP contribution is -2.12. The lowest BCUT2D eigenvalue weighted by molar-refractivity contribution is -0.142. The highest BCUT2D eigenvalue weighted by Gasteiger charge is 2.13. The molecule has 1 atom stereocenters. The third kappa shape index (κ3) is 38.4. The Balaban J connectivity index is 0. The van der Waals surface area contributed by atoms with Crippen LogP contribution in [0.25, 0.3) is 0 Å². The van der Waals surface area contributed by atoms with Crippen molar-refractivity contribution in [1.29, 1.82) is 0 Å². The van der Waals surface area contributed by atoms with Gasteiger partial charge in [0.05, 0.1) is 5.92 Å². The molecule has 0 fully saturated rings. The number of rotatable bonds is 31. The highest BCUT2D eigenvalue weighted by atomic mass is 16.4. The van der Waals surface area contributed by atoms with E-state index >= 15 is 0 Å². The van der Waals surface area contributed by atoms with Crippen LogP contribution in [-0.4, -0.2) is 22.2 Å². The van der Waals surface area contributed by atoms with Crippen molar-refractivity contribution in [2.24, 2.45) is 5.92 Å². The van der Waals surface area contributed by atoms with E-state index in [4.69, 9.17) is 10.2 Å². The summed E-state index contributed by atoms with van der Waals surface area (Å²) in [6.07, 6.45) is 42.9. The van der Waals surface area contributed by atoms with Crippen molar-refractivity contribution >= 4 is 11.9 Å². The number of allylic oxidation sites excluding steroid dienone is 4. The van der Waals surface area contributed by atoms with E-state index in [1.807, 2.05) is 6.92 Å². The number of aliphatic carboxylic acids is 2. The van der Waals surface area contributed by atoms with Gasteiger partial charge in [-0.3, -0.25) is 9.59 Å². The molecule has 0 amide bonds. The molecule has 0 aromatic carbocycles. The smallest absolute Gasteiger partial charge is 0.306 e. The largest absolute Gasteiger partial charge is 0.481 e. The van der Waals surface area contributed by atoms with Crippen LogP contribution in [0.4, 0.5) is 0 Å². The summed E-state index contributed by atoms with van der Waals surface area (Å²) in [6, 6.07) is 0. The molecule has 0 spiro atoms. The Kier molecular flexibility index (Phi) is 37.9. The fraction of sp³-hybridized carbons (Fsp3) is 0.842. The van der Waals surface area contributed by atoms with E-state index in [0.717, 1.165) is 32.1 Å². The van der Waals surface area contributed by atoms with Crippen molar-refractivity contribution in [3.8, 4) is 0 Å². The van der Waals surface area contributed by atoms with Gasteiger partial charge in [0, 0.05) is 6.42 Å². The summed E-state index contributed by atoms with van der Waals surface area (Å²) in [5, 5.41) is 17.5. The topological polar surface area (TPSA) is 74.6 Å². The van der Waals surface area contributed by atoms with Crippen molar-refractivity contribution in [1.82, 2.24) is 0 Å². The minimum atomic E-state index is -0.664. The Hall–Kier alpha value is -1.58. The second-order valence-electron chi connectivity index (χ2n) is 12.2. The molecule has 0 saturated heterocycles. The number of carbonyl (C=O) groups is 2. The normalized spacial score (nSPS) is 12.1. The summed E-state index contributed by atoms with van der Waals surface area (Å²) in [7, 11) is 0. The van der Waals surface area contributed by atoms with E-state index in [0.29, 0.717) is 6.42 Å². The maximum atomic E-state index is 10.9. The monoisotopic (exact) mass is 593 g/mol. The molecule has 0 radical (unpaired) electrons. The van der Waals surface area contributed by atoms with Gasteiger partial charge in [-0.1, -0.05) is 148 Å². The second-order valence-corrected chi connectivity index (χ2v) is 12.2. The number of carboxylic acids is 2. The van der Waals surface area contributed by atoms with Crippen molar-refractivity contribution in [3.63, 3.8) is 0 Å². The molecule has 0 aliphatic rings. The molecule has 0 aliphatic carbocycles. The van der Waals surface area contributed by atoms with Crippen molar-refractivity contribution in [2.75, 3.05) is 0 Å². The number of unbranched alkanes of at least 4 members (excludes halogenated alkanes) is 21. The Bertz CT molecular complexity index is 610. The molecule has 0 rings (SSSR count). The SMILES string of the molecule is CCCCCCCCC=CCCCCCCC(CC)C(=O)O.CCCCCCCCC=CCCCCCCCC(=O)O. The van der Waals surface area contributed by atoms with Gasteiger partial charge in [0.15, 0.2) is 0 Å². The average Bonchev–Trinajstić information content (AvgIpc) is 2.97. The van der Waals surface area contributed by atoms with Gasteiger partial charge in [0.2, 0.25) is 0 Å². The Morgan fingerprint density at radius 3 is 1.14 bits per heavy atom. The molecular weight excluding hydrogens is 520 g/mol. The van der Waals surface area contributed by atoms with Gasteiger partial charge in [0.25, 0.3) is 0 Å². The van der Waals surface area contributed by atoms with E-state index in [1.165, 1.54) is 141 Å². The Labute approximate surface area is 262 Å². The summed E-state index contributed by atoms with van der Waals surface area (Å²) >= 11 is 0. The molecule has 2 N–H and O–H groups in total. The van der Waals surface area contributed by atoms with Gasteiger partial charge in [-0.25, -0.2) is 0 Å². The first kappa shape index (κ1) is 42.6. The van der Waals surface area contributed by atoms with Gasteiger partial charge in [-0.05, 0) is 70.6 Å². The summed E-state index contributed by atoms with van der Waals surface area (Å²) in [5.41, 5.74) is 0. The predicted molar refractivity (Wildman–Crippen MR) is 183 cm³/mol. The summed E-state index contributed by atoms with van der Waals surface area (Å²) in [6.45, 7) is 6.49. The van der Waals surface area contributed by atoms with E-state index in [-0.39, 0.29) is 5.92 Å². The third-order valence-corrected chi connectivity index (χ3v) is 8.06. The molecule has 4 heteroatoms. The van der Waals surface area contributed by atoms with E-state index < -0.39 is 11.9 Å². The van der Waals surface area contributed by atoms with Gasteiger partial charge >= 0.3 is 11.9 Å². The zero-order valence-electron chi connectivity index (χ0n) is 28.4. The van der Waals surface area contributed by atoms with Crippen LogP contribution in [0.5, 0.6) is 0 Å². The van der Waals surface area contributed by atoms with Crippen LogP contribution in [0.3, 0.4) is 0 Å². The van der Waals surface area contributed by atoms with Crippen LogP contribution >= 0.6 is 0 Å². The minimum Gasteiger partial charge on any atom is -0.481 e. The Morgan fingerprint density at radius 2 is 0.810 bits per heavy atom. The summed E-state index contributed by atoms with van der Waals surface area (Å²) in [5.74, 6) is -1.42. The van der Waals surface area contributed by atoms with Crippen molar-refractivity contribution in [2.45, 2.75) is 201 Å². The number of hydrogen-bond donors (Lipinski definition) is 2. The molecule has 4 nitrogen and oxygen atoms in total. The summed E-state index contributed by atoms with van der Waals surface area (Å²) < 4.78 is 0. The molecule has 0 heterocycles. The molecule has 42 heavy (non-hydrogen) atoms. The van der Waals surface area contributed by atoms with Crippen molar-refractivity contribution in [3.05, 3.63) is 24.3 Å². The highest BCUT2D eigenvalue weighted by Crippen LogP contribution is 2.15. The lowest BCUT2D eigenvalue weighted by Gasteiger charge is -2.08. The fourth-order valence-electron chi connectivity index (χ4n) is 5.13. The van der Waals surface area contributed by atoms with Crippen LogP contribution < -0.4 is 0 Å². The zero-order chi connectivity index (χ0) is 31.4. The molecule has 0 bridgehead atoms. The molecule has 0 saturated carbocycles. The quantitative estimate of drug-likeness (QED) is 0.0620. The van der Waals surface area contributed by atoms with Gasteiger partial charge in [0.1, 0.15) is 0 Å². The highest BCUT2D eigenvalue weighted by molar-refractivity contribution is 5.69. The maximum Gasteiger partial charge on any atom is 0.306 e. The molecule has 1 unspecified atom stereocenters. The zero-order valence-corrected chi connectivity index (χ0v) is 28.4. The van der Waals surface area contributed by atoms with Crippen LogP contribution in [0.15, 0.2) is 24.3 Å². The van der Waals surface area contributed by atoms with Gasteiger partial charge in [-0.2, -0.15) is 0 Å². The molecule has 0 aromatic rings. The van der Waals surface area contributed by atoms with Gasteiger partial charge < -0.3 is 10.2 Å². The third-order valence-electron chi connectivity index (χ3n) is 8.06. The van der Waals surface area contributed by atoms with E-state index in [2.05, 4.69) is 38.2 Å². The molecule has 248 valence electrons. The number of carboxylic acid groups (broad SMARTS) is 2. The van der Waals surface area contributed by atoms with E-state index in [1.54, 1.807) is 0 Å². The van der Waals surface area contributed by atoms with Crippen molar-refractivity contribution < 1.29 is 19.8 Å². The fourth-order valence-corrected chi connectivity index (χ4v) is 5.13. The van der Waals surface area contributed by atoms with Gasteiger partial charge in [-0.15, -0.1) is 0 Å². The maximum absolute atomic E-state index is 10.9. The predicted octanol–water partition coefficient (Wildman–Crippen LogP) is 12.9. The molecule has 0 aliphatic heterocycles. The Morgan fingerprint density at radius 1 is 0.476 bits per heavy atom. The van der Waals surface area contributed by atoms with E-state index in [9.17, 15) is 9.59 Å². The first-order valence-corrected chi connectivity index (χ1v) is 18.2. The van der Waals surface area contributed by atoms with Crippen LogP contribution in [-0.2, 0) is 9.59 Å². The second kappa shape index (κ2) is 37.4. The standard InChI is InChI=1S/C20H38O2.C18H34O2/c1-3-5-6-7-8-9-10-11-12-13-14-15-16-17-18-19(4-2)20(21)22;1-2-3-4-5-6-7-8-9-10-11-12-13-14-15-16-17-18(19)20/h11-12,19H,3-10,13-18H2,1-2H3,(H,21,22);9-10H,2-8,11-17H2,1H3,(H,19,20). The van der Waals surface area contributed by atoms with Crippen LogP contribution in [0, 0.1) is 5.92 Å². The molecular formula is C38H72O4. The lowest BCUT2D eigenvalue weighted by atomic mass is 9.98. The molecule has 0 aromatic heterocycles. The first-order chi connectivity index (χ1) is 20.5. The summed E-state index contributed by atoms with van der Waals surface area (Å²) in [4.78, 5) is 21.2. The van der Waals surface area contributed by atoms with Crippen LogP contribution in [0.1, 0.15) is 201 Å². The number of hydrogen-bond acceptors (Lipinski definition) is 2. The average molecular weight is 593 g/mol.